The van der Waals surface area contributed by atoms with Crippen LogP contribution >= 0.6 is 12.4 Å². The highest BCUT2D eigenvalue weighted by Crippen LogP contribution is 1.98. The predicted molar refractivity (Wildman–Crippen MR) is 90.1 cm³/mol. The van der Waals surface area contributed by atoms with Crippen LogP contribution in [0.4, 0.5) is 0 Å². The maximum atomic E-state index is 11.7. The van der Waals surface area contributed by atoms with Crippen molar-refractivity contribution in [1.29, 1.82) is 0 Å². The van der Waals surface area contributed by atoms with Crippen LogP contribution in [0.5, 0.6) is 0 Å². The Balaban J connectivity index is 0.00000400. The van der Waals surface area contributed by atoms with Gasteiger partial charge in [0.05, 0.1) is 5.75 Å². The number of hydrogen-bond acceptors (Lipinski definition) is 4. The van der Waals surface area contributed by atoms with Gasteiger partial charge in [0.1, 0.15) is 0 Å². The van der Waals surface area contributed by atoms with E-state index in [2.05, 4.69) is 15.2 Å². The van der Waals surface area contributed by atoms with Crippen LogP contribution in [0.3, 0.4) is 0 Å². The smallest absolute Gasteiger partial charge is 0.224 e. The average molecular weight is 336 g/mol. The molecule has 0 saturated carbocycles. The third kappa shape index (κ3) is 10.7. The molecular formula is C14H26ClN3O2S. The van der Waals surface area contributed by atoms with Crippen molar-refractivity contribution in [1.82, 2.24) is 15.2 Å². The summed E-state index contributed by atoms with van der Waals surface area (Å²) >= 11 is 0. The molecule has 0 fully saturated rings. The third-order valence-electron chi connectivity index (χ3n) is 2.88. The van der Waals surface area contributed by atoms with Crippen LogP contribution in [-0.2, 0) is 16.4 Å². The van der Waals surface area contributed by atoms with E-state index in [-0.39, 0.29) is 18.2 Å². The van der Waals surface area contributed by atoms with Crippen molar-refractivity contribution in [2.24, 2.45) is 0 Å². The standard InChI is InChI=1S/C14H25N3O2S.ClH/c1-17(2)12-6-7-13-20(18,19)16-15-11-10-14-8-4-3-5-9-14;/h3-5,8-9,15-16H,6-7,10-13H2,1-2H3;1H. The van der Waals surface area contributed by atoms with Gasteiger partial charge in [0.2, 0.25) is 10.0 Å². The molecule has 1 aromatic carbocycles. The van der Waals surface area contributed by atoms with Crippen LogP contribution in [0.2, 0.25) is 0 Å². The summed E-state index contributed by atoms with van der Waals surface area (Å²) in [6, 6.07) is 9.97. The summed E-state index contributed by atoms with van der Waals surface area (Å²) in [4.78, 5) is 4.48. The van der Waals surface area contributed by atoms with Crippen LogP contribution in [0.15, 0.2) is 30.3 Å². The fraction of sp³-hybridized carbons (Fsp3) is 0.571. The first kappa shape index (κ1) is 20.3. The average Bonchev–Trinajstić information content (AvgIpc) is 2.41. The van der Waals surface area contributed by atoms with E-state index in [1.165, 1.54) is 5.56 Å². The Hall–Kier alpha value is -0.660. The van der Waals surface area contributed by atoms with E-state index in [1.807, 2.05) is 44.4 Å². The lowest BCUT2D eigenvalue weighted by molar-refractivity contribution is 0.397. The van der Waals surface area contributed by atoms with Crippen molar-refractivity contribution in [2.45, 2.75) is 19.3 Å². The topological polar surface area (TPSA) is 61.4 Å². The zero-order valence-electron chi connectivity index (χ0n) is 12.7. The molecule has 122 valence electrons. The normalized spacial score (nSPS) is 11.4. The van der Waals surface area contributed by atoms with E-state index < -0.39 is 10.0 Å². The first-order chi connectivity index (χ1) is 9.49. The van der Waals surface area contributed by atoms with E-state index >= 15 is 0 Å². The van der Waals surface area contributed by atoms with Gasteiger partial charge in [-0.25, -0.2) is 13.8 Å². The van der Waals surface area contributed by atoms with Gasteiger partial charge in [-0.15, -0.1) is 12.4 Å². The minimum Gasteiger partial charge on any atom is -0.309 e. The molecule has 2 N–H and O–H groups in total. The second kappa shape index (κ2) is 11.0. The van der Waals surface area contributed by atoms with Crippen molar-refractivity contribution in [2.75, 3.05) is 32.9 Å². The quantitative estimate of drug-likeness (QED) is 0.501. The zero-order chi connectivity index (χ0) is 14.8. The van der Waals surface area contributed by atoms with Crippen LogP contribution in [0.1, 0.15) is 18.4 Å². The van der Waals surface area contributed by atoms with Gasteiger partial charge in [-0.1, -0.05) is 30.3 Å². The summed E-state index contributed by atoms with van der Waals surface area (Å²) in [6.45, 7) is 1.50. The fourth-order valence-corrected chi connectivity index (χ4v) is 2.79. The SMILES string of the molecule is CN(C)CCCCS(=O)(=O)NNCCc1ccccc1.Cl. The highest BCUT2D eigenvalue weighted by Gasteiger charge is 2.08. The summed E-state index contributed by atoms with van der Waals surface area (Å²) in [5, 5.41) is 0. The maximum absolute atomic E-state index is 11.7. The molecule has 0 aliphatic heterocycles. The molecule has 1 aromatic rings. The first-order valence-electron chi connectivity index (χ1n) is 6.90. The Morgan fingerprint density at radius 2 is 1.76 bits per heavy atom. The molecule has 0 aromatic heterocycles. The summed E-state index contributed by atoms with van der Waals surface area (Å²) in [5.41, 5.74) is 3.96. The van der Waals surface area contributed by atoms with E-state index in [9.17, 15) is 8.42 Å². The third-order valence-corrected chi connectivity index (χ3v) is 4.16. The molecular weight excluding hydrogens is 310 g/mol. The molecule has 0 heterocycles. The molecule has 1 rings (SSSR count). The van der Waals surface area contributed by atoms with Crippen LogP contribution in [-0.4, -0.2) is 46.3 Å². The fourth-order valence-electron chi connectivity index (χ4n) is 1.78. The first-order valence-corrected chi connectivity index (χ1v) is 8.56. The van der Waals surface area contributed by atoms with Crippen molar-refractivity contribution >= 4 is 22.4 Å². The van der Waals surface area contributed by atoms with E-state index in [0.29, 0.717) is 13.0 Å². The van der Waals surface area contributed by atoms with E-state index in [0.717, 1.165) is 19.4 Å². The number of unbranched alkanes of at least 4 members (excludes halogenated alkanes) is 1. The lowest BCUT2D eigenvalue weighted by atomic mass is 10.2. The Morgan fingerprint density at radius 3 is 2.38 bits per heavy atom. The molecule has 0 unspecified atom stereocenters. The van der Waals surface area contributed by atoms with Crippen molar-refractivity contribution in [3.05, 3.63) is 35.9 Å². The van der Waals surface area contributed by atoms with Gasteiger partial charge in [-0.3, -0.25) is 0 Å². The Morgan fingerprint density at radius 1 is 1.10 bits per heavy atom. The van der Waals surface area contributed by atoms with Crippen LogP contribution in [0.25, 0.3) is 0 Å². The number of sulfonamides is 1. The highest BCUT2D eigenvalue weighted by molar-refractivity contribution is 7.89. The maximum Gasteiger partial charge on any atom is 0.224 e. The van der Waals surface area contributed by atoms with Crippen molar-refractivity contribution in [3.63, 3.8) is 0 Å². The van der Waals surface area contributed by atoms with Gasteiger partial charge in [0.25, 0.3) is 0 Å². The molecule has 0 atom stereocenters. The molecule has 0 amide bonds. The number of halogens is 1. The lowest BCUT2D eigenvalue weighted by Gasteiger charge is -2.10. The van der Waals surface area contributed by atoms with Gasteiger partial charge in [-0.05, 0) is 45.5 Å². The molecule has 0 spiro atoms. The van der Waals surface area contributed by atoms with E-state index in [4.69, 9.17) is 0 Å². The van der Waals surface area contributed by atoms with Gasteiger partial charge in [-0.2, -0.15) is 4.83 Å². The Bertz CT molecular complexity index is 466. The van der Waals surface area contributed by atoms with Gasteiger partial charge < -0.3 is 4.90 Å². The number of rotatable bonds is 10. The summed E-state index contributed by atoms with van der Waals surface area (Å²) in [6.07, 6.45) is 2.36. The summed E-state index contributed by atoms with van der Waals surface area (Å²) < 4.78 is 23.4. The van der Waals surface area contributed by atoms with E-state index in [1.54, 1.807) is 0 Å². The number of benzene rings is 1. The molecule has 0 saturated heterocycles. The highest BCUT2D eigenvalue weighted by atomic mass is 35.5. The molecule has 7 heteroatoms. The Labute approximate surface area is 134 Å². The van der Waals surface area contributed by atoms with Gasteiger partial charge >= 0.3 is 0 Å². The van der Waals surface area contributed by atoms with Crippen molar-refractivity contribution in [3.8, 4) is 0 Å². The summed E-state index contributed by atoms with van der Waals surface area (Å²) in [7, 11) is 0.754. The van der Waals surface area contributed by atoms with Crippen LogP contribution < -0.4 is 10.3 Å². The molecule has 0 aliphatic carbocycles. The predicted octanol–water partition coefficient (Wildman–Crippen LogP) is 1.42. The minimum atomic E-state index is -3.21. The summed E-state index contributed by atoms with van der Waals surface area (Å²) in [5.74, 6) is 0.166. The van der Waals surface area contributed by atoms with Crippen LogP contribution in [0, 0.1) is 0 Å². The number of nitrogens with zero attached hydrogens (tertiary/aromatic N) is 1. The molecule has 0 radical (unpaired) electrons. The van der Waals surface area contributed by atoms with Crippen molar-refractivity contribution < 1.29 is 8.42 Å². The Kier molecular flexibility index (Phi) is 10.6. The molecule has 21 heavy (non-hydrogen) atoms. The second-order valence-electron chi connectivity index (χ2n) is 5.09. The number of hydrazine groups is 1. The zero-order valence-corrected chi connectivity index (χ0v) is 14.3. The van der Waals surface area contributed by atoms with Gasteiger partial charge in [0.15, 0.2) is 0 Å². The second-order valence-corrected chi connectivity index (χ2v) is 6.94. The number of hydrogen-bond donors (Lipinski definition) is 2. The molecule has 0 bridgehead atoms. The monoisotopic (exact) mass is 335 g/mol. The lowest BCUT2D eigenvalue weighted by Crippen LogP contribution is -2.40. The van der Waals surface area contributed by atoms with Gasteiger partial charge in [0, 0.05) is 6.54 Å². The molecule has 0 aliphatic rings. The molecule has 5 nitrogen and oxygen atoms in total. The number of nitrogens with one attached hydrogen (secondary N) is 2. The minimum absolute atomic E-state index is 0. The largest absolute Gasteiger partial charge is 0.309 e.